The Kier molecular flexibility index (Phi) is 5.24. The Balaban J connectivity index is 1.15. The van der Waals surface area contributed by atoms with E-state index in [1.165, 1.54) is 0 Å². The maximum Gasteiger partial charge on any atom is 0.251 e. The molecule has 7 nitrogen and oxygen atoms in total. The van der Waals surface area contributed by atoms with Gasteiger partial charge in [0.2, 0.25) is 0 Å². The number of nitrogens with one attached hydrogen (secondary N) is 1. The van der Waals surface area contributed by atoms with Crippen molar-refractivity contribution < 1.29 is 18.7 Å². The van der Waals surface area contributed by atoms with Gasteiger partial charge in [0.25, 0.3) is 5.91 Å². The third kappa shape index (κ3) is 3.79. The van der Waals surface area contributed by atoms with Crippen molar-refractivity contribution in [1.82, 2.24) is 25.1 Å². The van der Waals surface area contributed by atoms with E-state index in [9.17, 15) is 18.7 Å². The highest BCUT2D eigenvalue weighted by molar-refractivity contribution is 5.94. The van der Waals surface area contributed by atoms with Crippen LogP contribution in [0.2, 0.25) is 0 Å². The van der Waals surface area contributed by atoms with Crippen molar-refractivity contribution in [2.24, 2.45) is 5.41 Å². The summed E-state index contributed by atoms with van der Waals surface area (Å²) >= 11 is 0. The predicted molar refractivity (Wildman–Crippen MR) is 129 cm³/mol. The molecule has 3 fully saturated rings. The summed E-state index contributed by atoms with van der Waals surface area (Å²) < 4.78 is 29.4. The van der Waals surface area contributed by atoms with Gasteiger partial charge in [0.15, 0.2) is 17.4 Å². The summed E-state index contributed by atoms with van der Waals surface area (Å²) in [5, 5.41) is 18.2. The number of halogens is 2. The SMILES string of the molecule is O=C(NCC12CCC(n3cc4ccc(-c5cnccn5)cc4n3)(CC1)CC2)c1cc(F)c(O)c(F)c1. The van der Waals surface area contributed by atoms with Crippen LogP contribution < -0.4 is 5.32 Å². The summed E-state index contributed by atoms with van der Waals surface area (Å²) in [7, 11) is 0. The zero-order valence-corrected chi connectivity index (χ0v) is 19.5. The fourth-order valence-electron chi connectivity index (χ4n) is 5.79. The van der Waals surface area contributed by atoms with Gasteiger partial charge in [0.1, 0.15) is 0 Å². The molecule has 2 N–H and O–H groups in total. The second-order valence-corrected chi connectivity index (χ2v) is 10.1. The van der Waals surface area contributed by atoms with Gasteiger partial charge in [-0.3, -0.25) is 19.4 Å². The van der Waals surface area contributed by atoms with Crippen molar-refractivity contribution >= 4 is 16.8 Å². The number of aromatic hydroxyl groups is 1. The van der Waals surface area contributed by atoms with E-state index in [1.54, 1.807) is 18.6 Å². The fraction of sp³-hybridized carbons (Fsp3) is 0.333. The number of benzene rings is 2. The highest BCUT2D eigenvalue weighted by atomic mass is 19.1. The molecular weight excluding hydrogens is 464 g/mol. The van der Waals surface area contributed by atoms with Crippen molar-refractivity contribution in [2.45, 2.75) is 44.1 Å². The normalized spacial score (nSPS) is 23.2. The molecule has 0 unspecified atom stereocenters. The predicted octanol–water partition coefficient (Wildman–Crippen LogP) is 4.96. The van der Waals surface area contributed by atoms with Crippen LogP contribution in [0, 0.1) is 17.0 Å². The Labute approximate surface area is 206 Å². The van der Waals surface area contributed by atoms with Gasteiger partial charge in [-0.15, -0.1) is 0 Å². The van der Waals surface area contributed by atoms with Crippen molar-refractivity contribution in [1.29, 1.82) is 0 Å². The van der Waals surface area contributed by atoms with E-state index in [-0.39, 0.29) is 16.5 Å². The molecule has 36 heavy (non-hydrogen) atoms. The molecule has 0 atom stereocenters. The standard InChI is InChI=1S/C27H25F2N5O2/c28-20-11-19(12-21(29)24(20)35)25(36)32-16-26-3-6-27(7-4-26,8-5-26)34-15-18-2-1-17(13-22(18)33-34)23-14-30-9-10-31-23/h1-2,9-15,35H,3-8,16H2,(H,32,36). The summed E-state index contributed by atoms with van der Waals surface area (Å²) in [5.74, 6) is -3.90. The Morgan fingerprint density at radius 3 is 2.42 bits per heavy atom. The van der Waals surface area contributed by atoms with Gasteiger partial charge in [0, 0.05) is 41.6 Å². The molecule has 2 heterocycles. The van der Waals surface area contributed by atoms with Crippen LogP contribution in [0.3, 0.4) is 0 Å². The van der Waals surface area contributed by atoms with E-state index in [1.807, 2.05) is 12.1 Å². The van der Waals surface area contributed by atoms with Crippen molar-refractivity contribution in [2.75, 3.05) is 6.54 Å². The number of hydrogen-bond donors (Lipinski definition) is 2. The Bertz CT molecular complexity index is 1420. The highest BCUT2D eigenvalue weighted by Crippen LogP contribution is 2.55. The topological polar surface area (TPSA) is 92.9 Å². The smallest absolute Gasteiger partial charge is 0.251 e. The maximum atomic E-state index is 13.6. The number of nitrogens with zero attached hydrogens (tertiary/aromatic N) is 4. The molecule has 2 bridgehead atoms. The first-order valence-electron chi connectivity index (χ1n) is 12.1. The summed E-state index contributed by atoms with van der Waals surface area (Å²) in [5.41, 5.74) is 2.51. The molecule has 0 saturated heterocycles. The molecular formula is C27H25F2N5O2. The first-order chi connectivity index (χ1) is 17.4. The first kappa shape index (κ1) is 22.6. The van der Waals surface area contributed by atoms with Crippen LogP contribution in [-0.2, 0) is 5.54 Å². The number of phenolic OH excluding ortho intramolecular Hbond substituents is 1. The zero-order chi connectivity index (χ0) is 24.9. The van der Waals surface area contributed by atoms with Crippen molar-refractivity contribution in [3.8, 4) is 17.0 Å². The number of rotatable bonds is 5. The van der Waals surface area contributed by atoms with E-state index in [4.69, 9.17) is 5.10 Å². The van der Waals surface area contributed by atoms with Gasteiger partial charge in [-0.2, -0.15) is 5.10 Å². The van der Waals surface area contributed by atoms with Gasteiger partial charge in [-0.1, -0.05) is 12.1 Å². The van der Waals surface area contributed by atoms with Crippen LogP contribution in [-0.4, -0.2) is 37.3 Å². The molecule has 1 amide bonds. The quantitative estimate of drug-likeness (QED) is 0.414. The largest absolute Gasteiger partial charge is 0.503 e. The summed E-state index contributed by atoms with van der Waals surface area (Å²) in [6.07, 6.45) is 12.9. The van der Waals surface area contributed by atoms with Crippen molar-refractivity contribution in [3.05, 3.63) is 72.3 Å². The molecule has 9 heteroatoms. The van der Waals surface area contributed by atoms with Crippen LogP contribution in [0.4, 0.5) is 8.78 Å². The van der Waals surface area contributed by atoms with Gasteiger partial charge < -0.3 is 10.4 Å². The second kappa shape index (κ2) is 8.36. The number of hydrogen-bond acceptors (Lipinski definition) is 5. The number of carbonyl (C=O) groups excluding carboxylic acids is 1. The number of carbonyl (C=O) groups is 1. The van der Waals surface area contributed by atoms with Crippen LogP contribution >= 0.6 is 0 Å². The van der Waals surface area contributed by atoms with Gasteiger partial charge in [-0.05, 0) is 62.1 Å². The Morgan fingerprint density at radius 2 is 1.75 bits per heavy atom. The van der Waals surface area contributed by atoms with Crippen LogP contribution in [0.15, 0.2) is 55.1 Å². The van der Waals surface area contributed by atoms with E-state index in [0.29, 0.717) is 6.54 Å². The number of fused-ring (bicyclic) bond motifs is 4. The molecule has 0 spiro atoms. The highest BCUT2D eigenvalue weighted by Gasteiger charge is 2.50. The molecule has 4 aromatic rings. The number of aromatic nitrogens is 4. The van der Waals surface area contributed by atoms with E-state index >= 15 is 0 Å². The molecule has 3 saturated carbocycles. The lowest BCUT2D eigenvalue weighted by atomic mass is 9.57. The zero-order valence-electron chi connectivity index (χ0n) is 19.5. The third-order valence-corrected chi connectivity index (χ3v) is 8.12. The Morgan fingerprint density at radius 1 is 1.03 bits per heavy atom. The van der Waals surface area contributed by atoms with E-state index in [0.717, 1.165) is 72.8 Å². The van der Waals surface area contributed by atoms with E-state index in [2.05, 4.69) is 32.2 Å². The second-order valence-electron chi connectivity index (χ2n) is 10.1. The maximum absolute atomic E-state index is 13.6. The minimum Gasteiger partial charge on any atom is -0.503 e. The average Bonchev–Trinajstić information content (AvgIpc) is 3.36. The number of phenols is 1. The summed E-state index contributed by atoms with van der Waals surface area (Å²) in [6, 6.07) is 7.87. The molecule has 3 aliphatic carbocycles. The van der Waals surface area contributed by atoms with E-state index < -0.39 is 23.3 Å². The summed E-state index contributed by atoms with van der Waals surface area (Å²) in [4.78, 5) is 21.1. The molecule has 2 aromatic carbocycles. The van der Waals surface area contributed by atoms with Crippen LogP contribution in [0.1, 0.15) is 48.9 Å². The monoisotopic (exact) mass is 489 g/mol. The Hall–Kier alpha value is -3.88. The third-order valence-electron chi connectivity index (χ3n) is 8.12. The summed E-state index contributed by atoms with van der Waals surface area (Å²) in [6.45, 7) is 0.453. The molecule has 0 aliphatic heterocycles. The van der Waals surface area contributed by atoms with Crippen LogP contribution in [0.5, 0.6) is 5.75 Å². The lowest BCUT2D eigenvalue weighted by molar-refractivity contribution is -0.00562. The molecule has 184 valence electrons. The average molecular weight is 490 g/mol. The van der Waals surface area contributed by atoms with Crippen molar-refractivity contribution in [3.63, 3.8) is 0 Å². The molecule has 3 aliphatic rings. The molecule has 0 radical (unpaired) electrons. The number of amides is 1. The van der Waals surface area contributed by atoms with Gasteiger partial charge in [0.05, 0.1) is 22.9 Å². The molecule has 2 aromatic heterocycles. The first-order valence-corrected chi connectivity index (χ1v) is 12.1. The minimum absolute atomic E-state index is 0.0306. The lowest BCUT2D eigenvalue weighted by Crippen LogP contribution is -2.51. The minimum atomic E-state index is -1.14. The van der Waals surface area contributed by atoms with Crippen LogP contribution in [0.25, 0.3) is 22.2 Å². The van der Waals surface area contributed by atoms with Gasteiger partial charge >= 0.3 is 0 Å². The lowest BCUT2D eigenvalue weighted by Gasteiger charge is -2.53. The fourth-order valence-corrected chi connectivity index (χ4v) is 5.79. The van der Waals surface area contributed by atoms with Gasteiger partial charge in [-0.25, -0.2) is 8.78 Å². The molecule has 7 rings (SSSR count).